The van der Waals surface area contributed by atoms with Crippen LogP contribution in [0.3, 0.4) is 0 Å². The van der Waals surface area contributed by atoms with Crippen molar-refractivity contribution in [2.24, 2.45) is 22.5 Å². The lowest BCUT2D eigenvalue weighted by atomic mass is 9.73. The van der Waals surface area contributed by atoms with Gasteiger partial charge in [-0.2, -0.15) is 0 Å². The lowest BCUT2D eigenvalue weighted by Gasteiger charge is -2.37. The van der Waals surface area contributed by atoms with E-state index in [1.807, 2.05) is 0 Å². The van der Waals surface area contributed by atoms with Gasteiger partial charge in [0.2, 0.25) is 5.91 Å². The van der Waals surface area contributed by atoms with Gasteiger partial charge in [0.25, 0.3) is 0 Å². The minimum Gasteiger partial charge on any atom is -0.355 e. The molecule has 0 saturated heterocycles. The first-order valence-corrected chi connectivity index (χ1v) is 7.97. The van der Waals surface area contributed by atoms with Crippen molar-refractivity contribution in [1.29, 1.82) is 0 Å². The van der Waals surface area contributed by atoms with Gasteiger partial charge >= 0.3 is 0 Å². The van der Waals surface area contributed by atoms with E-state index >= 15 is 0 Å². The molecule has 0 radical (unpaired) electrons. The van der Waals surface area contributed by atoms with Gasteiger partial charge in [0.05, 0.1) is 0 Å². The Bertz CT molecular complexity index is 319. The largest absolute Gasteiger partial charge is 0.355 e. The Kier molecular flexibility index (Phi) is 4.54. The third-order valence-corrected chi connectivity index (χ3v) is 5.56. The molecular formula is C16H30N2O. The van der Waals surface area contributed by atoms with Crippen LogP contribution in [0.15, 0.2) is 0 Å². The van der Waals surface area contributed by atoms with Crippen molar-refractivity contribution in [3.63, 3.8) is 0 Å². The van der Waals surface area contributed by atoms with Gasteiger partial charge in [0.15, 0.2) is 0 Å². The maximum absolute atomic E-state index is 12.4. The standard InChI is InChI=1S/C16H30N2O/c1-15(2)8-6-7-13(15)14(19)18-12-16(11-17)9-4-3-5-10-16/h13H,3-12,17H2,1-2H3,(H,18,19). The number of hydrogen-bond donors (Lipinski definition) is 2. The lowest BCUT2D eigenvalue weighted by molar-refractivity contribution is -0.128. The second-order valence-electron chi connectivity index (χ2n) is 7.42. The first-order chi connectivity index (χ1) is 8.99. The third kappa shape index (κ3) is 3.31. The fourth-order valence-corrected chi connectivity index (χ4v) is 3.97. The Morgan fingerprint density at radius 1 is 1.16 bits per heavy atom. The molecule has 2 aliphatic carbocycles. The smallest absolute Gasteiger partial charge is 0.223 e. The quantitative estimate of drug-likeness (QED) is 0.822. The fraction of sp³-hybridized carbons (Fsp3) is 0.938. The summed E-state index contributed by atoms with van der Waals surface area (Å²) in [5, 5.41) is 3.22. The van der Waals surface area contributed by atoms with E-state index in [4.69, 9.17) is 5.73 Å². The molecule has 1 atom stereocenters. The molecule has 3 N–H and O–H groups in total. The van der Waals surface area contributed by atoms with E-state index < -0.39 is 0 Å². The van der Waals surface area contributed by atoms with Gasteiger partial charge in [-0.1, -0.05) is 39.5 Å². The summed E-state index contributed by atoms with van der Waals surface area (Å²) < 4.78 is 0. The maximum atomic E-state index is 12.4. The van der Waals surface area contributed by atoms with Crippen LogP contribution in [0.2, 0.25) is 0 Å². The van der Waals surface area contributed by atoms with Crippen LogP contribution in [0.25, 0.3) is 0 Å². The number of hydrogen-bond acceptors (Lipinski definition) is 2. The molecule has 3 nitrogen and oxygen atoms in total. The molecule has 2 saturated carbocycles. The van der Waals surface area contributed by atoms with E-state index in [9.17, 15) is 4.79 Å². The number of amides is 1. The number of nitrogens with two attached hydrogens (primary N) is 1. The molecule has 2 fully saturated rings. The Labute approximate surface area is 117 Å². The van der Waals surface area contributed by atoms with Gasteiger partial charge in [-0.15, -0.1) is 0 Å². The summed E-state index contributed by atoms with van der Waals surface area (Å²) in [6.45, 7) is 5.95. The molecule has 0 spiro atoms. The first-order valence-electron chi connectivity index (χ1n) is 7.97. The monoisotopic (exact) mass is 266 g/mol. The van der Waals surface area contributed by atoms with Crippen LogP contribution in [-0.2, 0) is 4.79 Å². The van der Waals surface area contributed by atoms with Crippen LogP contribution < -0.4 is 11.1 Å². The van der Waals surface area contributed by atoms with Crippen LogP contribution >= 0.6 is 0 Å². The number of carbonyl (C=O) groups is 1. The normalized spacial score (nSPS) is 29.1. The summed E-state index contributed by atoms with van der Waals surface area (Å²) >= 11 is 0. The zero-order valence-corrected chi connectivity index (χ0v) is 12.6. The molecule has 0 aromatic carbocycles. The van der Waals surface area contributed by atoms with E-state index in [-0.39, 0.29) is 22.7 Å². The van der Waals surface area contributed by atoms with Gasteiger partial charge in [-0.3, -0.25) is 4.79 Å². The van der Waals surface area contributed by atoms with Crippen molar-refractivity contribution in [3.8, 4) is 0 Å². The highest BCUT2D eigenvalue weighted by Crippen LogP contribution is 2.43. The average Bonchev–Trinajstić information content (AvgIpc) is 2.77. The van der Waals surface area contributed by atoms with Crippen molar-refractivity contribution >= 4 is 5.91 Å². The van der Waals surface area contributed by atoms with E-state index in [1.165, 1.54) is 44.9 Å². The van der Waals surface area contributed by atoms with Crippen LogP contribution in [-0.4, -0.2) is 19.0 Å². The second-order valence-corrected chi connectivity index (χ2v) is 7.42. The highest BCUT2D eigenvalue weighted by atomic mass is 16.1. The maximum Gasteiger partial charge on any atom is 0.223 e. The van der Waals surface area contributed by atoms with Crippen LogP contribution in [0.5, 0.6) is 0 Å². The van der Waals surface area contributed by atoms with E-state index in [2.05, 4.69) is 19.2 Å². The topological polar surface area (TPSA) is 55.1 Å². The molecule has 0 aromatic rings. The fourth-order valence-electron chi connectivity index (χ4n) is 3.97. The molecule has 110 valence electrons. The summed E-state index contributed by atoms with van der Waals surface area (Å²) in [6.07, 6.45) is 9.62. The van der Waals surface area contributed by atoms with Gasteiger partial charge in [-0.05, 0) is 43.1 Å². The van der Waals surface area contributed by atoms with E-state index in [0.29, 0.717) is 6.54 Å². The van der Waals surface area contributed by atoms with Gasteiger partial charge in [0, 0.05) is 12.5 Å². The summed E-state index contributed by atoms with van der Waals surface area (Å²) in [4.78, 5) is 12.4. The summed E-state index contributed by atoms with van der Waals surface area (Å²) in [7, 11) is 0. The molecule has 0 heterocycles. The highest BCUT2D eigenvalue weighted by Gasteiger charge is 2.40. The zero-order chi connectivity index (χ0) is 13.9. The van der Waals surface area contributed by atoms with Crippen LogP contribution in [0, 0.1) is 16.7 Å². The van der Waals surface area contributed by atoms with Crippen molar-refractivity contribution in [2.45, 2.75) is 65.2 Å². The first kappa shape index (κ1) is 14.8. The van der Waals surface area contributed by atoms with E-state index in [0.717, 1.165) is 13.0 Å². The number of carbonyl (C=O) groups excluding carboxylic acids is 1. The SMILES string of the molecule is CC1(C)CCCC1C(=O)NCC1(CN)CCCCC1. The molecule has 0 aromatic heterocycles. The Morgan fingerprint density at radius 3 is 2.37 bits per heavy atom. The molecule has 19 heavy (non-hydrogen) atoms. The summed E-state index contributed by atoms with van der Waals surface area (Å²) in [6, 6.07) is 0. The Balaban J connectivity index is 1.89. The molecule has 2 rings (SSSR count). The van der Waals surface area contributed by atoms with Crippen molar-refractivity contribution in [1.82, 2.24) is 5.32 Å². The molecule has 2 aliphatic rings. The summed E-state index contributed by atoms with van der Waals surface area (Å²) in [5.41, 5.74) is 6.33. The zero-order valence-electron chi connectivity index (χ0n) is 12.6. The molecule has 0 aliphatic heterocycles. The third-order valence-electron chi connectivity index (χ3n) is 5.56. The molecule has 1 unspecified atom stereocenters. The summed E-state index contributed by atoms with van der Waals surface area (Å²) in [5.74, 6) is 0.465. The van der Waals surface area contributed by atoms with Crippen LogP contribution in [0.4, 0.5) is 0 Å². The minimum absolute atomic E-state index is 0.173. The van der Waals surface area contributed by atoms with Gasteiger partial charge < -0.3 is 11.1 Å². The van der Waals surface area contributed by atoms with Gasteiger partial charge in [-0.25, -0.2) is 0 Å². The van der Waals surface area contributed by atoms with Crippen molar-refractivity contribution in [2.75, 3.05) is 13.1 Å². The van der Waals surface area contributed by atoms with Crippen LogP contribution in [0.1, 0.15) is 65.2 Å². The number of rotatable bonds is 4. The van der Waals surface area contributed by atoms with Gasteiger partial charge in [0.1, 0.15) is 0 Å². The Hall–Kier alpha value is -0.570. The molecule has 3 heteroatoms. The minimum atomic E-state index is 0.173. The molecule has 0 bridgehead atoms. The molecular weight excluding hydrogens is 236 g/mol. The predicted molar refractivity (Wildman–Crippen MR) is 78.7 cm³/mol. The predicted octanol–water partition coefficient (Wildman–Crippen LogP) is 2.84. The molecule has 1 amide bonds. The highest BCUT2D eigenvalue weighted by molar-refractivity contribution is 5.79. The average molecular weight is 266 g/mol. The van der Waals surface area contributed by atoms with E-state index in [1.54, 1.807) is 0 Å². The number of nitrogens with one attached hydrogen (secondary N) is 1. The van der Waals surface area contributed by atoms with Crippen molar-refractivity contribution < 1.29 is 4.79 Å². The van der Waals surface area contributed by atoms with Crippen molar-refractivity contribution in [3.05, 3.63) is 0 Å². The Morgan fingerprint density at radius 2 is 1.84 bits per heavy atom. The lowest BCUT2D eigenvalue weighted by Crippen LogP contribution is -2.46. The second kappa shape index (κ2) is 5.82.